The van der Waals surface area contributed by atoms with E-state index in [1.807, 2.05) is 42.3 Å². The molecule has 0 unspecified atom stereocenters. The zero-order valence-corrected chi connectivity index (χ0v) is 21.8. The van der Waals surface area contributed by atoms with E-state index in [-0.39, 0.29) is 17.7 Å². The van der Waals surface area contributed by atoms with Crippen LogP contribution in [0.15, 0.2) is 34.3 Å². The molecular weight excluding hydrogens is 498 g/mol. The van der Waals surface area contributed by atoms with Gasteiger partial charge in [-0.3, -0.25) is 9.59 Å². The highest BCUT2D eigenvalue weighted by atomic mass is 32.2. The van der Waals surface area contributed by atoms with Crippen LogP contribution in [0.25, 0.3) is 5.65 Å². The predicted molar refractivity (Wildman–Crippen MR) is 137 cm³/mol. The molecule has 0 bridgehead atoms. The molecule has 36 heavy (non-hydrogen) atoms. The van der Waals surface area contributed by atoms with Crippen molar-refractivity contribution >= 4 is 40.6 Å². The maximum Gasteiger partial charge on any atom is 0.276 e. The number of thiazole rings is 1. The predicted octanol–water partition coefficient (Wildman–Crippen LogP) is 3.47. The number of nitrogens with zero attached hydrogens (tertiary/aromatic N) is 6. The first-order valence-corrected chi connectivity index (χ1v) is 13.9. The van der Waals surface area contributed by atoms with Gasteiger partial charge in [0.1, 0.15) is 11.5 Å². The molecule has 1 aliphatic rings. The third-order valence-corrected chi connectivity index (χ3v) is 8.16. The molecule has 5 rings (SSSR count). The molecule has 0 atom stereocenters. The fourth-order valence-corrected chi connectivity index (χ4v) is 5.96. The van der Waals surface area contributed by atoms with Crippen LogP contribution in [0.3, 0.4) is 0 Å². The van der Waals surface area contributed by atoms with Gasteiger partial charge in [0, 0.05) is 42.8 Å². The fraction of sp³-hybridized carbons (Fsp3) is 0.417. The van der Waals surface area contributed by atoms with Crippen LogP contribution < -0.4 is 5.32 Å². The highest BCUT2D eigenvalue weighted by Crippen LogP contribution is 2.31. The molecule has 12 heteroatoms. The third kappa shape index (κ3) is 5.29. The Hall–Kier alpha value is -3.25. The maximum atomic E-state index is 13.1. The van der Waals surface area contributed by atoms with Crippen LogP contribution in [0.2, 0.25) is 0 Å². The van der Waals surface area contributed by atoms with Gasteiger partial charge in [-0.05, 0) is 38.8 Å². The number of aryl methyl sites for hydroxylation is 2. The van der Waals surface area contributed by atoms with Gasteiger partial charge >= 0.3 is 0 Å². The Morgan fingerprint density at radius 2 is 2.08 bits per heavy atom. The molecule has 188 valence electrons. The Kier molecular flexibility index (Phi) is 7.33. The molecule has 1 aliphatic heterocycles. The van der Waals surface area contributed by atoms with Crippen molar-refractivity contribution in [1.29, 1.82) is 0 Å². The van der Waals surface area contributed by atoms with Crippen molar-refractivity contribution in [3.05, 3.63) is 63.4 Å². The summed E-state index contributed by atoms with van der Waals surface area (Å²) in [7, 11) is 0. The summed E-state index contributed by atoms with van der Waals surface area (Å²) in [5, 5.41) is 18.4. The van der Waals surface area contributed by atoms with E-state index in [1.165, 1.54) is 11.3 Å². The molecule has 5 heterocycles. The number of likely N-dealkylation sites (tertiary alicyclic amines) is 1. The van der Waals surface area contributed by atoms with Gasteiger partial charge in [0.15, 0.2) is 11.3 Å². The van der Waals surface area contributed by atoms with E-state index in [0.717, 1.165) is 40.8 Å². The first kappa shape index (κ1) is 24.4. The van der Waals surface area contributed by atoms with Crippen molar-refractivity contribution in [2.75, 3.05) is 25.4 Å². The average Bonchev–Trinajstić information content (AvgIpc) is 3.65. The number of carbonyl (C=O) groups excluding carboxylic acids is 2. The summed E-state index contributed by atoms with van der Waals surface area (Å²) >= 11 is 3.22. The van der Waals surface area contributed by atoms with E-state index < -0.39 is 0 Å². The molecule has 0 aromatic carbocycles. The molecular formula is C24H27N7O3S2. The Morgan fingerprint density at radius 1 is 1.25 bits per heavy atom. The average molecular weight is 526 g/mol. The second-order valence-corrected chi connectivity index (χ2v) is 10.7. The molecule has 2 amide bonds. The minimum atomic E-state index is -0.151. The molecule has 4 aromatic heterocycles. The summed E-state index contributed by atoms with van der Waals surface area (Å²) in [6.07, 6.45) is 3.25. The van der Waals surface area contributed by atoms with Crippen molar-refractivity contribution < 1.29 is 14.0 Å². The van der Waals surface area contributed by atoms with Gasteiger partial charge in [-0.1, -0.05) is 0 Å². The molecule has 0 saturated carbocycles. The molecule has 1 saturated heterocycles. The Balaban J connectivity index is 1.11. The molecule has 1 N–H and O–H groups in total. The van der Waals surface area contributed by atoms with Crippen LogP contribution in [0.5, 0.6) is 0 Å². The van der Waals surface area contributed by atoms with Crippen LogP contribution in [-0.4, -0.2) is 66.9 Å². The van der Waals surface area contributed by atoms with Gasteiger partial charge < -0.3 is 14.6 Å². The zero-order valence-electron chi connectivity index (χ0n) is 20.1. The lowest BCUT2D eigenvalue weighted by atomic mass is 9.97. The summed E-state index contributed by atoms with van der Waals surface area (Å²) in [5.41, 5.74) is 2.95. The number of aromatic nitrogens is 5. The molecule has 10 nitrogen and oxygen atoms in total. The van der Waals surface area contributed by atoms with E-state index in [1.54, 1.807) is 22.5 Å². The van der Waals surface area contributed by atoms with Gasteiger partial charge in [-0.15, -0.1) is 21.5 Å². The van der Waals surface area contributed by atoms with Gasteiger partial charge in [0.25, 0.3) is 11.8 Å². The van der Waals surface area contributed by atoms with E-state index >= 15 is 0 Å². The van der Waals surface area contributed by atoms with E-state index in [2.05, 4.69) is 25.6 Å². The number of amides is 2. The molecule has 1 fully saturated rings. The number of piperidine rings is 1. The van der Waals surface area contributed by atoms with Crippen molar-refractivity contribution in [2.24, 2.45) is 0 Å². The van der Waals surface area contributed by atoms with Crippen molar-refractivity contribution in [3.8, 4) is 0 Å². The quantitative estimate of drug-likeness (QED) is 0.348. The summed E-state index contributed by atoms with van der Waals surface area (Å²) < 4.78 is 6.98. The number of hydrogen-bond acceptors (Lipinski definition) is 9. The number of furan rings is 1. The van der Waals surface area contributed by atoms with Crippen LogP contribution in [0.1, 0.15) is 61.9 Å². The second-order valence-electron chi connectivity index (χ2n) is 8.72. The fourth-order valence-electron chi connectivity index (χ4n) is 4.23. The molecule has 0 spiro atoms. The standard InChI is InChI=1S/C24H27N7O3S2/c1-15-12-20-27-28-21(16(2)31(20)29-15)24(33)30-8-5-17(6-9-30)23-26-19(14-36-23)22(32)25-7-11-35-13-18-4-3-10-34-18/h3-4,10,12,14,17H,5-9,11,13H2,1-2H3,(H,25,32). The number of rotatable bonds is 8. The van der Waals surface area contributed by atoms with Crippen LogP contribution >= 0.6 is 23.1 Å². The first-order valence-electron chi connectivity index (χ1n) is 11.8. The van der Waals surface area contributed by atoms with Crippen molar-refractivity contribution in [2.45, 2.75) is 38.4 Å². The smallest absolute Gasteiger partial charge is 0.276 e. The summed E-state index contributed by atoms with van der Waals surface area (Å²) in [5.74, 6) is 2.47. The highest BCUT2D eigenvalue weighted by Gasteiger charge is 2.29. The summed E-state index contributed by atoms with van der Waals surface area (Å²) in [6, 6.07) is 5.65. The molecule has 0 radical (unpaired) electrons. The van der Waals surface area contributed by atoms with Gasteiger partial charge in [-0.25, -0.2) is 9.50 Å². The van der Waals surface area contributed by atoms with Crippen molar-refractivity contribution in [3.63, 3.8) is 0 Å². The summed E-state index contributed by atoms with van der Waals surface area (Å²) in [6.45, 7) is 5.51. The Morgan fingerprint density at radius 3 is 2.86 bits per heavy atom. The van der Waals surface area contributed by atoms with Crippen LogP contribution in [-0.2, 0) is 5.75 Å². The first-order chi connectivity index (χ1) is 17.5. The second kappa shape index (κ2) is 10.8. The SMILES string of the molecule is Cc1cc2nnc(C(=O)N3CCC(c4nc(C(=O)NCCSCc5ccco5)cs4)CC3)c(C)n2n1. The number of nitrogens with one attached hydrogen (secondary N) is 1. The highest BCUT2D eigenvalue weighted by molar-refractivity contribution is 7.98. The van der Waals surface area contributed by atoms with Crippen LogP contribution in [0.4, 0.5) is 0 Å². The lowest BCUT2D eigenvalue weighted by molar-refractivity contribution is 0.0704. The van der Waals surface area contributed by atoms with Gasteiger partial charge in [-0.2, -0.15) is 16.9 Å². The Labute approximate surface area is 216 Å². The number of hydrogen-bond donors (Lipinski definition) is 1. The topological polar surface area (TPSA) is 119 Å². The normalized spacial score (nSPS) is 14.4. The van der Waals surface area contributed by atoms with E-state index in [4.69, 9.17) is 4.42 Å². The third-order valence-electron chi connectivity index (χ3n) is 6.17. The van der Waals surface area contributed by atoms with Gasteiger partial charge in [0.05, 0.1) is 28.4 Å². The largest absolute Gasteiger partial charge is 0.468 e. The lowest BCUT2D eigenvalue weighted by Crippen LogP contribution is -2.39. The Bertz CT molecular complexity index is 1360. The summed E-state index contributed by atoms with van der Waals surface area (Å²) in [4.78, 5) is 32.0. The molecule has 4 aromatic rings. The monoisotopic (exact) mass is 525 g/mol. The van der Waals surface area contributed by atoms with Crippen LogP contribution in [0, 0.1) is 13.8 Å². The maximum absolute atomic E-state index is 13.1. The zero-order chi connectivity index (χ0) is 25.1. The number of thioether (sulfide) groups is 1. The molecule has 0 aliphatic carbocycles. The van der Waals surface area contributed by atoms with E-state index in [9.17, 15) is 9.59 Å². The minimum absolute atomic E-state index is 0.127. The number of carbonyl (C=O) groups is 2. The van der Waals surface area contributed by atoms with E-state index in [0.29, 0.717) is 42.4 Å². The lowest BCUT2D eigenvalue weighted by Gasteiger charge is -2.31. The number of fused-ring (bicyclic) bond motifs is 1. The minimum Gasteiger partial charge on any atom is -0.468 e. The van der Waals surface area contributed by atoms with Crippen molar-refractivity contribution in [1.82, 2.24) is 35.0 Å². The van der Waals surface area contributed by atoms with Gasteiger partial charge in [0.2, 0.25) is 0 Å².